The van der Waals surface area contributed by atoms with E-state index in [4.69, 9.17) is 4.99 Å². The predicted octanol–water partition coefficient (Wildman–Crippen LogP) is 5.23. The minimum Gasteiger partial charge on any atom is -0.335 e. The van der Waals surface area contributed by atoms with Crippen LogP contribution in [0.2, 0.25) is 0 Å². The molecule has 0 radical (unpaired) electrons. The van der Waals surface area contributed by atoms with E-state index in [0.717, 1.165) is 16.6 Å². The normalized spacial score (nSPS) is 16.4. The van der Waals surface area contributed by atoms with Gasteiger partial charge in [0.25, 0.3) is 0 Å². The van der Waals surface area contributed by atoms with E-state index in [9.17, 15) is 0 Å². The van der Waals surface area contributed by atoms with E-state index in [0.29, 0.717) is 0 Å². The van der Waals surface area contributed by atoms with Crippen molar-refractivity contribution < 1.29 is 0 Å². The highest BCUT2D eigenvalue weighted by Crippen LogP contribution is 2.28. The van der Waals surface area contributed by atoms with Crippen molar-refractivity contribution in [3.8, 4) is 0 Å². The van der Waals surface area contributed by atoms with Gasteiger partial charge in [0, 0.05) is 11.4 Å². The fraction of sp³-hybridized carbons (Fsp3) is 0.105. The van der Waals surface area contributed by atoms with E-state index in [-0.39, 0.29) is 23.0 Å². The van der Waals surface area contributed by atoms with Crippen molar-refractivity contribution >= 4 is 39.6 Å². The number of benzene rings is 2. The second-order valence-corrected chi connectivity index (χ2v) is 5.97. The number of rotatable bonds is 4. The van der Waals surface area contributed by atoms with Gasteiger partial charge in [-0.15, -0.1) is 23.6 Å². The molecule has 1 atom stereocenters. The molecule has 0 bridgehead atoms. The first-order valence-corrected chi connectivity index (χ1v) is 8.26. The van der Waals surface area contributed by atoms with Gasteiger partial charge >= 0.3 is 0 Å². The molecule has 2 aromatic carbocycles. The number of nitrogens with one attached hydrogen (secondary N) is 1. The minimum absolute atomic E-state index is 0. The summed E-state index contributed by atoms with van der Waals surface area (Å²) in [7, 11) is 0. The lowest BCUT2D eigenvalue weighted by atomic mass is 10.0. The summed E-state index contributed by atoms with van der Waals surface area (Å²) in [5, 5.41) is 4.37. The SMILES string of the molecule is Br.C=CCSC1=NC(c2ccccc2)C=C(c2ccccc2)N1. The summed E-state index contributed by atoms with van der Waals surface area (Å²) < 4.78 is 0. The molecule has 0 aromatic heterocycles. The Labute approximate surface area is 152 Å². The van der Waals surface area contributed by atoms with Crippen LogP contribution >= 0.6 is 28.7 Å². The highest BCUT2D eigenvalue weighted by atomic mass is 79.9. The van der Waals surface area contributed by atoms with E-state index < -0.39 is 0 Å². The Morgan fingerprint density at radius 3 is 2.35 bits per heavy atom. The van der Waals surface area contributed by atoms with Gasteiger partial charge in [0.15, 0.2) is 5.17 Å². The lowest BCUT2D eigenvalue weighted by Crippen LogP contribution is -2.24. The highest BCUT2D eigenvalue weighted by molar-refractivity contribution is 8.93. The van der Waals surface area contributed by atoms with E-state index >= 15 is 0 Å². The van der Waals surface area contributed by atoms with E-state index in [2.05, 4.69) is 66.5 Å². The molecule has 1 aliphatic heterocycles. The Morgan fingerprint density at radius 1 is 1.04 bits per heavy atom. The third-order valence-electron chi connectivity index (χ3n) is 3.39. The van der Waals surface area contributed by atoms with Crippen molar-refractivity contribution in [3.05, 3.63) is 90.5 Å². The number of nitrogens with zero attached hydrogens (tertiary/aromatic N) is 1. The molecule has 0 amide bonds. The van der Waals surface area contributed by atoms with E-state index in [1.165, 1.54) is 11.1 Å². The molecule has 4 heteroatoms. The molecule has 2 aromatic rings. The summed E-state index contributed by atoms with van der Waals surface area (Å²) in [6, 6.07) is 20.8. The molecule has 3 rings (SSSR count). The van der Waals surface area contributed by atoms with Crippen LogP contribution in [-0.4, -0.2) is 10.9 Å². The van der Waals surface area contributed by atoms with Gasteiger partial charge in [-0.1, -0.05) is 78.5 Å². The summed E-state index contributed by atoms with van der Waals surface area (Å²) in [6.07, 6.45) is 4.08. The summed E-state index contributed by atoms with van der Waals surface area (Å²) in [4.78, 5) is 4.81. The molecule has 0 spiro atoms. The van der Waals surface area contributed by atoms with Gasteiger partial charge in [0.1, 0.15) is 0 Å². The quantitative estimate of drug-likeness (QED) is 0.727. The summed E-state index contributed by atoms with van der Waals surface area (Å²) in [5.74, 6) is 0.843. The van der Waals surface area contributed by atoms with Crippen LogP contribution in [0.3, 0.4) is 0 Å². The average molecular weight is 387 g/mol. The van der Waals surface area contributed by atoms with Gasteiger partial charge < -0.3 is 5.32 Å². The van der Waals surface area contributed by atoms with E-state index in [1.807, 2.05) is 18.2 Å². The van der Waals surface area contributed by atoms with Crippen molar-refractivity contribution in [3.63, 3.8) is 0 Å². The lowest BCUT2D eigenvalue weighted by Gasteiger charge is -2.22. The zero-order valence-corrected chi connectivity index (χ0v) is 15.2. The van der Waals surface area contributed by atoms with Crippen molar-refractivity contribution in [1.29, 1.82) is 0 Å². The number of hydrogen-bond acceptors (Lipinski definition) is 3. The largest absolute Gasteiger partial charge is 0.335 e. The van der Waals surface area contributed by atoms with Crippen LogP contribution in [0.25, 0.3) is 5.70 Å². The third kappa shape index (κ3) is 4.60. The van der Waals surface area contributed by atoms with Crippen LogP contribution in [0.15, 0.2) is 84.4 Å². The molecule has 1 unspecified atom stereocenters. The molecule has 0 aliphatic carbocycles. The van der Waals surface area contributed by atoms with Crippen LogP contribution in [0, 0.1) is 0 Å². The molecule has 0 saturated heterocycles. The summed E-state index contributed by atoms with van der Waals surface area (Å²) >= 11 is 1.67. The maximum atomic E-state index is 4.81. The standard InChI is InChI=1S/C19H18N2S.BrH/c1-2-13-22-19-20-17(15-9-5-3-6-10-15)14-18(21-19)16-11-7-4-8-12-16;/h2-12,14,17H,1,13H2,(H,20,21);1H. The van der Waals surface area contributed by atoms with Crippen LogP contribution in [0.5, 0.6) is 0 Å². The van der Waals surface area contributed by atoms with Crippen LogP contribution in [0.1, 0.15) is 17.2 Å². The Hall–Kier alpha value is -1.78. The second kappa shape index (κ2) is 8.75. The van der Waals surface area contributed by atoms with Gasteiger partial charge in [0.2, 0.25) is 0 Å². The molecule has 1 aliphatic rings. The maximum absolute atomic E-state index is 4.81. The fourth-order valence-electron chi connectivity index (χ4n) is 2.33. The summed E-state index contributed by atoms with van der Waals surface area (Å²) in [5.41, 5.74) is 3.49. The third-order valence-corrected chi connectivity index (χ3v) is 4.27. The Kier molecular flexibility index (Phi) is 6.68. The van der Waals surface area contributed by atoms with E-state index in [1.54, 1.807) is 11.8 Å². The topological polar surface area (TPSA) is 24.4 Å². The van der Waals surface area contributed by atoms with Crippen molar-refractivity contribution in [2.75, 3.05) is 5.75 Å². The predicted molar refractivity (Wildman–Crippen MR) is 107 cm³/mol. The Morgan fingerprint density at radius 2 is 1.70 bits per heavy atom. The zero-order valence-electron chi connectivity index (χ0n) is 12.7. The van der Waals surface area contributed by atoms with Gasteiger partial charge in [0.05, 0.1) is 6.04 Å². The molecule has 1 N–H and O–H groups in total. The first-order valence-electron chi connectivity index (χ1n) is 7.27. The van der Waals surface area contributed by atoms with Gasteiger partial charge in [-0.25, -0.2) is 4.99 Å². The first kappa shape index (κ1) is 17.6. The van der Waals surface area contributed by atoms with Crippen molar-refractivity contribution in [1.82, 2.24) is 5.32 Å². The second-order valence-electron chi connectivity index (χ2n) is 4.96. The Balaban J connectivity index is 0.00000192. The molecule has 118 valence electrons. The maximum Gasteiger partial charge on any atom is 0.162 e. The van der Waals surface area contributed by atoms with Gasteiger partial charge in [-0.2, -0.15) is 0 Å². The molecule has 0 fully saturated rings. The van der Waals surface area contributed by atoms with Crippen LogP contribution < -0.4 is 5.32 Å². The number of halogens is 1. The molecule has 2 nitrogen and oxygen atoms in total. The number of hydrogen-bond donors (Lipinski definition) is 1. The first-order chi connectivity index (χ1) is 10.9. The fourth-order valence-corrected chi connectivity index (χ4v) is 2.97. The Bertz CT molecular complexity index is 696. The summed E-state index contributed by atoms with van der Waals surface area (Å²) in [6.45, 7) is 3.78. The molecule has 0 saturated carbocycles. The molecule has 1 heterocycles. The van der Waals surface area contributed by atoms with Crippen molar-refractivity contribution in [2.24, 2.45) is 4.99 Å². The minimum atomic E-state index is 0. The number of thioether (sulfide) groups is 1. The van der Waals surface area contributed by atoms with Crippen molar-refractivity contribution in [2.45, 2.75) is 6.04 Å². The molecular formula is C19H19BrN2S. The average Bonchev–Trinajstić information content (AvgIpc) is 2.61. The zero-order chi connectivity index (χ0) is 15.2. The number of aliphatic imine (C=N–C) groups is 1. The highest BCUT2D eigenvalue weighted by Gasteiger charge is 2.17. The monoisotopic (exact) mass is 386 g/mol. The lowest BCUT2D eigenvalue weighted by molar-refractivity contribution is 0.888. The van der Waals surface area contributed by atoms with Gasteiger partial charge in [-0.05, 0) is 17.2 Å². The molecular weight excluding hydrogens is 368 g/mol. The van der Waals surface area contributed by atoms with Crippen LogP contribution in [0.4, 0.5) is 0 Å². The number of amidine groups is 1. The smallest absolute Gasteiger partial charge is 0.162 e. The van der Waals surface area contributed by atoms with Crippen LogP contribution in [-0.2, 0) is 0 Å². The molecule has 23 heavy (non-hydrogen) atoms. The van der Waals surface area contributed by atoms with Gasteiger partial charge in [-0.3, -0.25) is 0 Å².